The number of hydrogen-bond donors (Lipinski definition) is 0. The summed E-state index contributed by atoms with van der Waals surface area (Å²) in [5.41, 5.74) is 6.19. The molecule has 3 aromatic rings. The molecule has 0 N–H and O–H groups in total. The van der Waals surface area contributed by atoms with Crippen molar-refractivity contribution in [2.75, 3.05) is 0 Å². The molecule has 0 amide bonds. The lowest BCUT2D eigenvalue weighted by atomic mass is 10.1. The monoisotopic (exact) mass is 328 g/mol. The molecule has 2 aromatic carbocycles. The molecule has 0 fully saturated rings. The summed E-state index contributed by atoms with van der Waals surface area (Å²) >= 11 is 3.55. The fraction of sp³-hybridized carbons (Fsp3) is 0.235. The number of rotatable bonds is 2. The van der Waals surface area contributed by atoms with Crippen molar-refractivity contribution in [3.63, 3.8) is 0 Å². The molecule has 0 aliphatic rings. The van der Waals surface area contributed by atoms with Gasteiger partial charge in [-0.15, -0.1) is 0 Å². The van der Waals surface area contributed by atoms with E-state index in [0.29, 0.717) is 0 Å². The summed E-state index contributed by atoms with van der Waals surface area (Å²) < 4.78 is 3.18. The number of nitrogens with zero attached hydrogens (tertiary/aromatic N) is 2. The van der Waals surface area contributed by atoms with Crippen LogP contribution in [0.2, 0.25) is 0 Å². The number of aryl methyl sites for hydroxylation is 3. The molecule has 1 aromatic heterocycles. The molecule has 0 spiro atoms. The Balaban J connectivity index is 2.11. The highest BCUT2D eigenvalue weighted by Gasteiger charge is 2.09. The van der Waals surface area contributed by atoms with Crippen LogP contribution in [-0.4, -0.2) is 9.78 Å². The molecular formula is C17H17BrN2. The zero-order valence-corrected chi connectivity index (χ0v) is 13.5. The normalized spacial score (nSPS) is 11.2. The Morgan fingerprint density at radius 2 is 1.85 bits per heavy atom. The second-order valence-electron chi connectivity index (χ2n) is 5.33. The van der Waals surface area contributed by atoms with Crippen LogP contribution in [-0.2, 0) is 6.54 Å². The average molecular weight is 329 g/mol. The zero-order valence-electron chi connectivity index (χ0n) is 11.9. The quantitative estimate of drug-likeness (QED) is 0.662. The summed E-state index contributed by atoms with van der Waals surface area (Å²) in [5, 5.41) is 5.91. The van der Waals surface area contributed by atoms with Gasteiger partial charge in [0.2, 0.25) is 0 Å². The van der Waals surface area contributed by atoms with Crippen molar-refractivity contribution in [1.82, 2.24) is 9.78 Å². The number of fused-ring (bicyclic) bond motifs is 1. The summed E-state index contributed by atoms with van der Waals surface area (Å²) in [6, 6.07) is 12.9. The van der Waals surface area contributed by atoms with Gasteiger partial charge in [-0.1, -0.05) is 39.7 Å². The van der Waals surface area contributed by atoms with E-state index in [1.807, 2.05) is 0 Å². The van der Waals surface area contributed by atoms with Crippen LogP contribution in [0, 0.1) is 20.8 Å². The van der Waals surface area contributed by atoms with E-state index < -0.39 is 0 Å². The van der Waals surface area contributed by atoms with Crippen LogP contribution in [0.1, 0.15) is 22.4 Å². The van der Waals surface area contributed by atoms with Crippen LogP contribution >= 0.6 is 15.9 Å². The van der Waals surface area contributed by atoms with E-state index in [9.17, 15) is 0 Å². The highest BCUT2D eigenvalue weighted by Crippen LogP contribution is 2.24. The first-order chi connectivity index (χ1) is 9.54. The molecule has 0 radical (unpaired) electrons. The number of hydrogen-bond acceptors (Lipinski definition) is 1. The molecule has 3 rings (SSSR count). The molecule has 0 saturated heterocycles. The van der Waals surface area contributed by atoms with Crippen molar-refractivity contribution in [3.8, 4) is 0 Å². The predicted molar refractivity (Wildman–Crippen MR) is 87.2 cm³/mol. The minimum atomic E-state index is 0.814. The molecule has 2 nitrogen and oxygen atoms in total. The summed E-state index contributed by atoms with van der Waals surface area (Å²) in [7, 11) is 0. The summed E-state index contributed by atoms with van der Waals surface area (Å²) in [4.78, 5) is 0. The second-order valence-corrected chi connectivity index (χ2v) is 6.25. The van der Waals surface area contributed by atoms with Gasteiger partial charge in [0.1, 0.15) is 0 Å². The number of benzene rings is 2. The van der Waals surface area contributed by atoms with Crippen LogP contribution in [0.25, 0.3) is 10.9 Å². The Kier molecular flexibility index (Phi) is 3.38. The first-order valence-electron chi connectivity index (χ1n) is 6.73. The van der Waals surface area contributed by atoms with E-state index in [4.69, 9.17) is 5.10 Å². The Morgan fingerprint density at radius 3 is 2.65 bits per heavy atom. The standard InChI is InChI=1S/C17H17BrN2/c1-11-4-5-12(2)14(8-11)10-20-17-9-15(18)6-7-16(17)13(3)19-20/h4-9H,10H2,1-3H3. The third-order valence-corrected chi connectivity index (χ3v) is 4.22. The van der Waals surface area contributed by atoms with Crippen molar-refractivity contribution in [3.05, 3.63) is 63.3 Å². The largest absolute Gasteiger partial charge is 0.260 e. The van der Waals surface area contributed by atoms with Gasteiger partial charge in [0.05, 0.1) is 17.8 Å². The molecule has 0 unspecified atom stereocenters. The molecular weight excluding hydrogens is 312 g/mol. The van der Waals surface area contributed by atoms with Gasteiger partial charge in [0.25, 0.3) is 0 Å². The van der Waals surface area contributed by atoms with Gasteiger partial charge in [0.15, 0.2) is 0 Å². The minimum Gasteiger partial charge on any atom is -0.260 e. The fourth-order valence-electron chi connectivity index (χ4n) is 2.57. The average Bonchev–Trinajstić information content (AvgIpc) is 2.70. The number of halogens is 1. The van der Waals surface area contributed by atoms with Gasteiger partial charge >= 0.3 is 0 Å². The molecule has 102 valence electrons. The maximum Gasteiger partial charge on any atom is 0.0700 e. The SMILES string of the molecule is Cc1ccc(C)c(Cn2nc(C)c3ccc(Br)cc32)c1. The molecule has 1 heterocycles. The van der Waals surface area contributed by atoms with Crippen LogP contribution in [0.3, 0.4) is 0 Å². The lowest BCUT2D eigenvalue weighted by Gasteiger charge is -2.08. The Labute approximate surface area is 127 Å². The molecule has 0 atom stereocenters. The summed E-state index contributed by atoms with van der Waals surface area (Å²) in [6.07, 6.45) is 0. The lowest BCUT2D eigenvalue weighted by molar-refractivity contribution is 0.700. The lowest BCUT2D eigenvalue weighted by Crippen LogP contribution is -2.03. The Morgan fingerprint density at radius 1 is 1.05 bits per heavy atom. The van der Waals surface area contributed by atoms with Crippen LogP contribution in [0.5, 0.6) is 0 Å². The molecule has 0 aliphatic carbocycles. The highest BCUT2D eigenvalue weighted by molar-refractivity contribution is 9.10. The first kappa shape index (κ1) is 13.4. The maximum atomic E-state index is 4.69. The van der Waals surface area contributed by atoms with E-state index in [1.165, 1.54) is 27.6 Å². The van der Waals surface area contributed by atoms with E-state index in [0.717, 1.165) is 16.7 Å². The minimum absolute atomic E-state index is 0.814. The van der Waals surface area contributed by atoms with E-state index in [2.05, 4.69) is 77.8 Å². The molecule has 3 heteroatoms. The molecule has 0 bridgehead atoms. The van der Waals surface area contributed by atoms with Gasteiger partial charge < -0.3 is 0 Å². The van der Waals surface area contributed by atoms with Crippen LogP contribution in [0.15, 0.2) is 40.9 Å². The topological polar surface area (TPSA) is 17.8 Å². The van der Waals surface area contributed by atoms with Crippen molar-refractivity contribution >= 4 is 26.8 Å². The second kappa shape index (κ2) is 5.06. The van der Waals surface area contributed by atoms with Crippen LogP contribution < -0.4 is 0 Å². The fourth-order valence-corrected chi connectivity index (χ4v) is 2.91. The zero-order chi connectivity index (χ0) is 14.3. The Hall–Kier alpha value is -1.61. The third kappa shape index (κ3) is 2.38. The molecule has 0 aliphatic heterocycles. The molecule has 20 heavy (non-hydrogen) atoms. The van der Waals surface area contributed by atoms with Gasteiger partial charge in [-0.2, -0.15) is 5.10 Å². The van der Waals surface area contributed by atoms with Gasteiger partial charge in [-0.25, -0.2) is 0 Å². The summed E-state index contributed by atoms with van der Waals surface area (Å²) in [5.74, 6) is 0. The van der Waals surface area contributed by atoms with Gasteiger partial charge in [-0.3, -0.25) is 4.68 Å². The maximum absolute atomic E-state index is 4.69. The highest BCUT2D eigenvalue weighted by atomic mass is 79.9. The third-order valence-electron chi connectivity index (χ3n) is 3.72. The molecule has 0 saturated carbocycles. The van der Waals surface area contributed by atoms with Gasteiger partial charge in [0, 0.05) is 9.86 Å². The predicted octanol–water partition coefficient (Wildman–Crippen LogP) is 4.77. The number of aromatic nitrogens is 2. The van der Waals surface area contributed by atoms with E-state index in [1.54, 1.807) is 0 Å². The van der Waals surface area contributed by atoms with Crippen molar-refractivity contribution in [1.29, 1.82) is 0 Å². The van der Waals surface area contributed by atoms with E-state index >= 15 is 0 Å². The van der Waals surface area contributed by atoms with Crippen LogP contribution in [0.4, 0.5) is 0 Å². The van der Waals surface area contributed by atoms with E-state index in [-0.39, 0.29) is 0 Å². The van der Waals surface area contributed by atoms with Crippen molar-refractivity contribution in [2.45, 2.75) is 27.3 Å². The first-order valence-corrected chi connectivity index (χ1v) is 7.53. The smallest absolute Gasteiger partial charge is 0.0700 e. The van der Waals surface area contributed by atoms with Crippen molar-refractivity contribution < 1.29 is 0 Å². The summed E-state index contributed by atoms with van der Waals surface area (Å²) in [6.45, 7) is 7.17. The van der Waals surface area contributed by atoms with Crippen molar-refractivity contribution in [2.24, 2.45) is 0 Å². The Bertz CT molecular complexity index is 787. The van der Waals surface area contributed by atoms with Gasteiger partial charge in [-0.05, 0) is 50.1 Å².